The van der Waals surface area contributed by atoms with Crippen molar-refractivity contribution in [2.24, 2.45) is 11.8 Å². The average Bonchev–Trinajstić information content (AvgIpc) is 2.92. The predicted molar refractivity (Wildman–Crippen MR) is 125 cm³/mol. The number of hydrogen-bond donors (Lipinski definition) is 4. The molecule has 2 aliphatic carbocycles. The standard InChI is InChI=1S/C24H25ClF3NO6S/c1-11(30)22(31)24(33)13-3-4-14(24)8-16(7-13)36(34,35)20-6-12(2-5-17(20)25)23(32)29-15-9-18(26)21(28)19(27)10-15/h2,5-6,9-11,13-14,16,22,30-31,33H,3-4,7-8H2,1H3,(H,29,32)/t11?,13-,14?,16?,22?,24?/m0/s1/i3D2,4D2,16D. The largest absolute Gasteiger partial charge is 0.391 e. The number of aliphatic hydroxyl groups is 3. The van der Waals surface area contributed by atoms with Crippen LogP contribution in [0.25, 0.3) is 0 Å². The molecular formula is C24H25ClF3NO6S. The van der Waals surface area contributed by atoms with Crippen molar-refractivity contribution < 1.29 is 48.6 Å². The number of fused-ring (bicyclic) bond motifs is 2. The summed E-state index contributed by atoms with van der Waals surface area (Å²) < 4.78 is 111. The summed E-state index contributed by atoms with van der Waals surface area (Å²) >= 11 is 6.13. The minimum atomic E-state index is -4.97. The molecule has 0 spiro atoms. The molecule has 36 heavy (non-hydrogen) atoms. The van der Waals surface area contributed by atoms with Crippen LogP contribution in [-0.4, -0.2) is 52.7 Å². The number of anilines is 1. The predicted octanol–water partition coefficient (Wildman–Crippen LogP) is 3.44. The van der Waals surface area contributed by atoms with Crippen LogP contribution in [-0.2, 0) is 9.84 Å². The first-order chi connectivity index (χ1) is 18.6. The van der Waals surface area contributed by atoms with Crippen molar-refractivity contribution in [3.8, 4) is 0 Å². The minimum Gasteiger partial charge on any atom is -0.391 e. The van der Waals surface area contributed by atoms with Crippen LogP contribution in [0.2, 0.25) is 5.02 Å². The molecule has 5 unspecified atom stereocenters. The summed E-state index contributed by atoms with van der Waals surface area (Å²) in [5.74, 6) is -9.98. The highest BCUT2D eigenvalue weighted by Gasteiger charge is 2.59. The summed E-state index contributed by atoms with van der Waals surface area (Å²) in [5, 5.41) is 30.8. The van der Waals surface area contributed by atoms with E-state index >= 15 is 0 Å². The Balaban J connectivity index is 1.74. The van der Waals surface area contributed by atoms with Crippen molar-refractivity contribution in [2.45, 2.75) is 60.4 Å². The highest BCUT2D eigenvalue weighted by atomic mass is 35.5. The lowest BCUT2D eigenvalue weighted by Gasteiger charge is -2.46. The maximum absolute atomic E-state index is 13.9. The second-order valence-corrected chi connectivity index (χ2v) is 11.2. The van der Waals surface area contributed by atoms with Crippen LogP contribution < -0.4 is 5.32 Å². The van der Waals surface area contributed by atoms with E-state index in [0.29, 0.717) is 12.1 Å². The first-order valence-electron chi connectivity index (χ1n) is 13.2. The Kier molecular flexibility index (Phi) is 5.56. The molecule has 4 N–H and O–H groups in total. The Morgan fingerprint density at radius 3 is 2.25 bits per heavy atom. The van der Waals surface area contributed by atoms with Gasteiger partial charge in [-0.15, -0.1) is 0 Å². The number of carbonyl (C=O) groups excluding carboxylic acids is 1. The lowest BCUT2D eigenvalue weighted by Crippen LogP contribution is -2.58. The Morgan fingerprint density at radius 2 is 1.72 bits per heavy atom. The van der Waals surface area contributed by atoms with Gasteiger partial charge in [0.05, 0.1) is 26.8 Å². The molecule has 2 fully saturated rings. The zero-order valence-electron chi connectivity index (χ0n) is 23.6. The van der Waals surface area contributed by atoms with E-state index in [9.17, 15) is 41.7 Å². The number of amides is 1. The number of rotatable bonds is 6. The number of halogens is 4. The second kappa shape index (κ2) is 9.60. The third-order valence-corrected chi connectivity index (χ3v) is 8.90. The van der Waals surface area contributed by atoms with Gasteiger partial charge in [0.1, 0.15) is 6.10 Å². The third kappa shape index (κ3) is 4.51. The summed E-state index contributed by atoms with van der Waals surface area (Å²) in [6.07, 6.45) is -11.6. The molecule has 0 heterocycles. The molecule has 4 rings (SSSR count). The van der Waals surface area contributed by atoms with Gasteiger partial charge in [-0.05, 0) is 62.5 Å². The van der Waals surface area contributed by atoms with Crippen molar-refractivity contribution in [3.63, 3.8) is 0 Å². The highest BCUT2D eigenvalue weighted by molar-refractivity contribution is 7.92. The molecule has 196 valence electrons. The van der Waals surface area contributed by atoms with Gasteiger partial charge in [-0.1, -0.05) is 11.6 Å². The van der Waals surface area contributed by atoms with Crippen LogP contribution in [0.1, 0.15) is 49.7 Å². The molecule has 7 nitrogen and oxygen atoms in total. The van der Waals surface area contributed by atoms with E-state index in [4.69, 9.17) is 18.5 Å². The van der Waals surface area contributed by atoms with Gasteiger partial charge in [0.2, 0.25) is 0 Å². The van der Waals surface area contributed by atoms with E-state index in [1.54, 1.807) is 0 Å². The lowest BCUT2D eigenvalue weighted by molar-refractivity contribution is -0.172. The molecule has 0 radical (unpaired) electrons. The number of hydrogen-bond acceptors (Lipinski definition) is 6. The molecule has 1 amide bonds. The topological polar surface area (TPSA) is 124 Å². The maximum Gasteiger partial charge on any atom is 0.255 e. The van der Waals surface area contributed by atoms with Crippen LogP contribution in [0, 0.1) is 29.3 Å². The molecule has 2 aliphatic rings. The van der Waals surface area contributed by atoms with E-state index in [-0.39, 0.29) is 0 Å². The van der Waals surface area contributed by atoms with Gasteiger partial charge in [0, 0.05) is 30.2 Å². The average molecular weight is 553 g/mol. The normalized spacial score (nSPS) is 34.4. The molecule has 0 saturated heterocycles. The van der Waals surface area contributed by atoms with Gasteiger partial charge in [0.25, 0.3) is 5.91 Å². The molecule has 2 aromatic carbocycles. The van der Waals surface area contributed by atoms with Gasteiger partial charge in [-0.3, -0.25) is 4.79 Å². The van der Waals surface area contributed by atoms with Crippen LogP contribution >= 0.6 is 11.6 Å². The Labute approximate surface area is 217 Å². The van der Waals surface area contributed by atoms with Crippen molar-refractivity contribution in [1.29, 1.82) is 0 Å². The Hall–Kier alpha value is -2.18. The molecule has 0 aliphatic heterocycles. The summed E-state index contributed by atoms with van der Waals surface area (Å²) in [6.45, 7) is 1.08. The highest BCUT2D eigenvalue weighted by Crippen LogP contribution is 2.54. The number of nitrogens with one attached hydrogen (secondary N) is 1. The smallest absolute Gasteiger partial charge is 0.255 e. The molecule has 2 aromatic rings. The molecule has 2 bridgehead atoms. The zero-order chi connectivity index (χ0) is 31.1. The van der Waals surface area contributed by atoms with Crippen molar-refractivity contribution in [2.75, 3.05) is 5.32 Å². The molecule has 0 aromatic heterocycles. The fourth-order valence-electron chi connectivity index (χ4n) is 4.50. The van der Waals surface area contributed by atoms with Crippen LogP contribution in [0.15, 0.2) is 35.2 Å². The van der Waals surface area contributed by atoms with E-state index < -0.39 is 115 Å². The lowest BCUT2D eigenvalue weighted by atomic mass is 9.70. The van der Waals surface area contributed by atoms with Crippen LogP contribution in [0.3, 0.4) is 0 Å². The van der Waals surface area contributed by atoms with Gasteiger partial charge in [0.15, 0.2) is 27.3 Å². The fourth-order valence-corrected chi connectivity index (χ4v) is 6.61. The van der Waals surface area contributed by atoms with Crippen molar-refractivity contribution >= 4 is 33.0 Å². The summed E-state index contributed by atoms with van der Waals surface area (Å²) in [4.78, 5) is 12.0. The van der Waals surface area contributed by atoms with Gasteiger partial charge < -0.3 is 20.6 Å². The van der Waals surface area contributed by atoms with E-state index in [0.717, 1.165) is 25.1 Å². The number of aliphatic hydroxyl groups excluding tert-OH is 2. The number of sulfone groups is 1. The molecular weight excluding hydrogens is 523 g/mol. The first kappa shape index (κ1) is 20.8. The van der Waals surface area contributed by atoms with Crippen molar-refractivity contribution in [3.05, 3.63) is 58.4 Å². The van der Waals surface area contributed by atoms with Gasteiger partial charge in [-0.2, -0.15) is 0 Å². The summed E-state index contributed by atoms with van der Waals surface area (Å²) in [7, 11) is -4.97. The fraction of sp³-hybridized carbons (Fsp3) is 0.458. The van der Waals surface area contributed by atoms with Crippen LogP contribution in [0.5, 0.6) is 0 Å². The molecule has 2 saturated carbocycles. The summed E-state index contributed by atoms with van der Waals surface area (Å²) in [5.41, 5.74) is -3.54. The minimum absolute atomic E-state index is 0.410. The SMILES string of the molecule is [2H]C1([2H])C2CC([2H])(S(=O)(=O)c3cc(C(=O)Nc4cc(F)c(F)c(F)c4)ccc3Cl)C[C@@H](C2(O)C(O)C(C)O)C1([2H])[2H]. The zero-order valence-corrected chi connectivity index (χ0v) is 20.2. The molecule has 6 atom stereocenters. The third-order valence-electron chi connectivity index (χ3n) is 6.45. The van der Waals surface area contributed by atoms with Crippen molar-refractivity contribution in [1.82, 2.24) is 0 Å². The Bertz CT molecular complexity index is 1480. The quantitative estimate of drug-likeness (QED) is 0.407. The van der Waals surface area contributed by atoms with Crippen LogP contribution in [0.4, 0.5) is 18.9 Å². The maximum atomic E-state index is 13.9. The summed E-state index contributed by atoms with van der Waals surface area (Å²) in [6, 6.07) is 3.79. The van der Waals surface area contributed by atoms with E-state index in [1.165, 1.54) is 0 Å². The molecule has 12 heteroatoms. The Morgan fingerprint density at radius 1 is 1.17 bits per heavy atom. The monoisotopic (exact) mass is 552 g/mol. The second-order valence-electron chi connectivity index (χ2n) is 8.77. The van der Waals surface area contributed by atoms with Gasteiger partial charge in [-0.25, -0.2) is 21.6 Å². The van der Waals surface area contributed by atoms with Gasteiger partial charge >= 0.3 is 0 Å². The van der Waals surface area contributed by atoms with E-state index in [2.05, 4.69) is 5.32 Å². The van der Waals surface area contributed by atoms with E-state index in [1.807, 2.05) is 0 Å². The number of benzene rings is 2. The number of carbonyl (C=O) groups is 1. The first-order valence-corrected chi connectivity index (χ1v) is 12.6.